The molecule has 2 aliphatic heterocycles. The van der Waals surface area contributed by atoms with Gasteiger partial charge in [-0.1, -0.05) is 18.0 Å². The summed E-state index contributed by atoms with van der Waals surface area (Å²) in [5, 5.41) is 0.508. The van der Waals surface area contributed by atoms with E-state index in [1.807, 2.05) is 4.90 Å². The molecule has 2 aliphatic carbocycles. The maximum absolute atomic E-state index is 13.7. The second-order valence-corrected chi connectivity index (χ2v) is 12.9. The molecule has 188 valence electrons. The quantitative estimate of drug-likeness (QED) is 0.550. The number of hydrogen-bond acceptors (Lipinski definition) is 5. The lowest BCUT2D eigenvalue weighted by Gasteiger charge is -2.42. The normalized spacial score (nSPS) is 29.2. The van der Waals surface area contributed by atoms with Crippen molar-refractivity contribution in [1.82, 2.24) is 14.1 Å². The second kappa shape index (κ2) is 9.96. The highest BCUT2D eigenvalue weighted by Crippen LogP contribution is 2.43. The molecule has 4 aliphatic rings. The number of nitrogens with zero attached hydrogens (tertiary/aromatic N) is 3. The minimum Gasteiger partial charge on any atom is -0.448 e. The van der Waals surface area contributed by atoms with E-state index in [1.165, 1.54) is 12.8 Å². The Morgan fingerprint density at radius 2 is 1.79 bits per heavy atom. The molecule has 0 N–H and O–H groups in total. The monoisotopic (exact) mass is 509 g/mol. The lowest BCUT2D eigenvalue weighted by molar-refractivity contribution is 0.0304. The van der Waals surface area contributed by atoms with Gasteiger partial charge in [-0.15, -0.1) is 0 Å². The molecular weight excluding hydrogens is 474 g/mol. The first-order chi connectivity index (χ1) is 16.3. The SMILES string of the molecule is C[C@@H]1CN(CC2CC2)CCN1C(=O)OC[C@H]1CCC[C@@H](C2CC2)N1S(=O)(=O)c1ccc(Cl)cc1. The van der Waals surface area contributed by atoms with Crippen LogP contribution in [0.1, 0.15) is 51.9 Å². The third kappa shape index (κ3) is 5.40. The summed E-state index contributed by atoms with van der Waals surface area (Å²) in [5.41, 5.74) is 0. The fourth-order valence-electron chi connectivity index (χ4n) is 5.66. The summed E-state index contributed by atoms with van der Waals surface area (Å²) in [7, 11) is -3.72. The molecule has 0 unspecified atom stereocenters. The van der Waals surface area contributed by atoms with Crippen LogP contribution in [0, 0.1) is 11.8 Å². The molecule has 3 atom stereocenters. The van der Waals surface area contributed by atoms with Crippen LogP contribution >= 0.6 is 11.6 Å². The topological polar surface area (TPSA) is 70.2 Å². The molecule has 9 heteroatoms. The molecule has 4 fully saturated rings. The summed E-state index contributed by atoms with van der Waals surface area (Å²) in [6.07, 6.45) is 6.97. The van der Waals surface area contributed by atoms with Crippen LogP contribution in [0.2, 0.25) is 5.02 Å². The Morgan fingerprint density at radius 3 is 2.44 bits per heavy atom. The molecule has 2 heterocycles. The Hall–Kier alpha value is -1.35. The Kier molecular flexibility index (Phi) is 7.13. The molecule has 34 heavy (non-hydrogen) atoms. The maximum atomic E-state index is 13.7. The van der Waals surface area contributed by atoms with Gasteiger partial charge in [0.1, 0.15) is 6.61 Å². The van der Waals surface area contributed by atoms with Crippen molar-refractivity contribution in [2.24, 2.45) is 11.8 Å². The second-order valence-electron chi connectivity index (χ2n) is 10.6. The zero-order valence-electron chi connectivity index (χ0n) is 19.9. The van der Waals surface area contributed by atoms with E-state index in [-0.39, 0.29) is 35.7 Å². The highest BCUT2D eigenvalue weighted by atomic mass is 35.5. The molecule has 0 aromatic heterocycles. The predicted molar refractivity (Wildman–Crippen MR) is 131 cm³/mol. The van der Waals surface area contributed by atoms with Gasteiger partial charge < -0.3 is 9.64 Å². The number of sulfonamides is 1. The largest absolute Gasteiger partial charge is 0.448 e. The Bertz CT molecular complexity index is 980. The standard InChI is InChI=1S/C25H36ClN3O4S/c1-18-15-27(16-19-5-6-19)13-14-28(18)25(30)33-17-22-3-2-4-24(20-7-8-20)29(22)34(31,32)23-11-9-21(26)10-12-23/h9-12,18-20,22,24H,2-8,13-17H2,1H3/t18-,22-,24+/m1/s1. The van der Waals surface area contributed by atoms with E-state index in [2.05, 4.69) is 11.8 Å². The fourth-order valence-corrected chi connectivity index (χ4v) is 7.70. The number of piperazine rings is 1. The molecular formula is C25H36ClN3O4S. The van der Waals surface area contributed by atoms with E-state index in [0.717, 1.165) is 51.2 Å². The summed E-state index contributed by atoms with van der Waals surface area (Å²) in [5.74, 6) is 1.24. The molecule has 1 aromatic rings. The van der Waals surface area contributed by atoms with Crippen LogP contribution in [0.5, 0.6) is 0 Å². The number of ether oxygens (including phenoxy) is 1. The van der Waals surface area contributed by atoms with Crippen LogP contribution in [0.15, 0.2) is 29.2 Å². The molecule has 5 rings (SSSR count). The minimum atomic E-state index is -3.72. The van der Waals surface area contributed by atoms with Crippen LogP contribution in [0.4, 0.5) is 4.79 Å². The van der Waals surface area contributed by atoms with Crippen LogP contribution in [0.3, 0.4) is 0 Å². The zero-order valence-corrected chi connectivity index (χ0v) is 21.5. The summed E-state index contributed by atoms with van der Waals surface area (Å²) in [6, 6.07) is 6.11. The van der Waals surface area contributed by atoms with E-state index in [4.69, 9.17) is 16.3 Å². The number of carbonyl (C=O) groups is 1. The van der Waals surface area contributed by atoms with Gasteiger partial charge in [-0.05, 0) is 81.5 Å². The van der Waals surface area contributed by atoms with Crippen molar-refractivity contribution in [3.63, 3.8) is 0 Å². The van der Waals surface area contributed by atoms with Crippen molar-refractivity contribution in [2.75, 3.05) is 32.8 Å². The van der Waals surface area contributed by atoms with Gasteiger partial charge in [-0.25, -0.2) is 13.2 Å². The molecule has 0 bridgehead atoms. The molecule has 7 nitrogen and oxygen atoms in total. The Labute approximate surface area is 208 Å². The Balaban J connectivity index is 1.26. The van der Waals surface area contributed by atoms with Crippen LogP contribution in [-0.4, -0.2) is 79.5 Å². The maximum Gasteiger partial charge on any atom is 0.410 e. The average Bonchev–Trinajstić information content (AvgIpc) is 3.72. The van der Waals surface area contributed by atoms with Gasteiger partial charge in [-0.2, -0.15) is 4.31 Å². The van der Waals surface area contributed by atoms with Gasteiger partial charge in [0, 0.05) is 43.3 Å². The molecule has 1 aromatic carbocycles. The summed E-state index contributed by atoms with van der Waals surface area (Å²) in [6.45, 7) is 5.71. The van der Waals surface area contributed by atoms with Crippen LogP contribution in [-0.2, 0) is 14.8 Å². The van der Waals surface area contributed by atoms with Crippen LogP contribution < -0.4 is 0 Å². The van der Waals surface area contributed by atoms with Gasteiger partial charge in [0.2, 0.25) is 10.0 Å². The van der Waals surface area contributed by atoms with E-state index < -0.39 is 10.0 Å². The predicted octanol–water partition coefficient (Wildman–Crippen LogP) is 4.21. The van der Waals surface area contributed by atoms with E-state index >= 15 is 0 Å². The zero-order chi connectivity index (χ0) is 23.9. The summed E-state index contributed by atoms with van der Waals surface area (Å²) >= 11 is 6.00. The summed E-state index contributed by atoms with van der Waals surface area (Å²) in [4.78, 5) is 17.5. The highest BCUT2D eigenvalue weighted by Gasteiger charge is 2.46. The van der Waals surface area contributed by atoms with Crippen molar-refractivity contribution >= 4 is 27.7 Å². The lowest BCUT2D eigenvalue weighted by Crippen LogP contribution is -2.56. The smallest absolute Gasteiger partial charge is 0.410 e. The average molecular weight is 510 g/mol. The van der Waals surface area contributed by atoms with Gasteiger partial charge in [0.25, 0.3) is 0 Å². The van der Waals surface area contributed by atoms with Crippen molar-refractivity contribution in [3.05, 3.63) is 29.3 Å². The first-order valence-corrected chi connectivity index (χ1v) is 14.6. The number of hydrogen-bond donors (Lipinski definition) is 0. The Morgan fingerprint density at radius 1 is 1.06 bits per heavy atom. The van der Waals surface area contributed by atoms with Gasteiger partial charge in [-0.3, -0.25) is 4.90 Å². The van der Waals surface area contributed by atoms with E-state index in [9.17, 15) is 13.2 Å². The number of carbonyl (C=O) groups excluding carboxylic acids is 1. The molecule has 1 amide bonds. The highest BCUT2D eigenvalue weighted by molar-refractivity contribution is 7.89. The lowest BCUT2D eigenvalue weighted by atomic mass is 9.96. The number of halogens is 1. The fraction of sp³-hybridized carbons (Fsp3) is 0.720. The number of benzene rings is 1. The van der Waals surface area contributed by atoms with Gasteiger partial charge in [0.15, 0.2) is 0 Å². The van der Waals surface area contributed by atoms with Gasteiger partial charge >= 0.3 is 6.09 Å². The number of piperidine rings is 1. The molecule has 2 saturated heterocycles. The van der Waals surface area contributed by atoms with Crippen molar-refractivity contribution in [3.8, 4) is 0 Å². The minimum absolute atomic E-state index is 0.0250. The van der Waals surface area contributed by atoms with Crippen molar-refractivity contribution in [2.45, 2.75) is 74.9 Å². The molecule has 0 spiro atoms. The van der Waals surface area contributed by atoms with Crippen molar-refractivity contribution in [1.29, 1.82) is 0 Å². The summed E-state index contributed by atoms with van der Waals surface area (Å²) < 4.78 is 34.9. The van der Waals surface area contributed by atoms with E-state index in [1.54, 1.807) is 28.6 Å². The van der Waals surface area contributed by atoms with E-state index in [0.29, 0.717) is 23.9 Å². The van der Waals surface area contributed by atoms with Crippen LogP contribution in [0.25, 0.3) is 0 Å². The first kappa shape index (κ1) is 24.3. The number of rotatable bonds is 7. The molecule has 2 saturated carbocycles. The third-order valence-electron chi connectivity index (χ3n) is 7.84. The third-order valence-corrected chi connectivity index (χ3v) is 10.1. The van der Waals surface area contributed by atoms with Crippen molar-refractivity contribution < 1.29 is 17.9 Å². The molecule has 0 radical (unpaired) electrons. The first-order valence-electron chi connectivity index (χ1n) is 12.8. The number of amides is 1. The van der Waals surface area contributed by atoms with Gasteiger partial charge in [0.05, 0.1) is 10.9 Å².